The summed E-state index contributed by atoms with van der Waals surface area (Å²) >= 11 is 0. The molecule has 0 saturated heterocycles. The van der Waals surface area contributed by atoms with Gasteiger partial charge in [-0.05, 0) is 23.8 Å². The van der Waals surface area contributed by atoms with Crippen molar-refractivity contribution in [2.45, 2.75) is 52.1 Å². The molecule has 1 fully saturated rings. The van der Waals surface area contributed by atoms with Crippen LogP contribution in [-0.4, -0.2) is 15.6 Å². The minimum absolute atomic E-state index is 0.0809. The molecule has 1 aliphatic carbocycles. The van der Waals surface area contributed by atoms with Gasteiger partial charge in [-0.3, -0.25) is 14.3 Å². The lowest BCUT2D eigenvalue weighted by Gasteiger charge is -2.39. The highest BCUT2D eigenvalue weighted by molar-refractivity contribution is 5.61. The van der Waals surface area contributed by atoms with E-state index in [1.165, 1.54) is 11.0 Å². The molecule has 134 valence electrons. The minimum atomic E-state index is -0.486. The number of benzene rings is 1. The molecule has 1 heterocycles. The Hall–Kier alpha value is -2.50. The van der Waals surface area contributed by atoms with E-state index in [1.807, 2.05) is 30.3 Å². The van der Waals surface area contributed by atoms with Crippen LogP contribution in [0.25, 0.3) is 0 Å². The summed E-state index contributed by atoms with van der Waals surface area (Å²) in [5, 5.41) is 3.33. The summed E-state index contributed by atoms with van der Waals surface area (Å²) in [5.74, 6) is 0.193. The molecule has 2 aromatic rings. The van der Waals surface area contributed by atoms with Gasteiger partial charge in [0.2, 0.25) is 0 Å². The van der Waals surface area contributed by atoms with Gasteiger partial charge in [0, 0.05) is 6.04 Å². The fourth-order valence-corrected chi connectivity index (χ4v) is 3.59. The summed E-state index contributed by atoms with van der Waals surface area (Å²) < 4.78 is 1.41. The van der Waals surface area contributed by atoms with Crippen molar-refractivity contribution in [2.75, 3.05) is 11.1 Å². The molecule has 0 bridgehead atoms. The maximum absolute atomic E-state index is 12.3. The zero-order valence-corrected chi connectivity index (χ0v) is 14.8. The van der Waals surface area contributed by atoms with E-state index < -0.39 is 11.2 Å². The van der Waals surface area contributed by atoms with Gasteiger partial charge in [-0.15, -0.1) is 0 Å². The fraction of sp³-hybridized carbons (Fsp3) is 0.474. The lowest BCUT2D eigenvalue weighted by molar-refractivity contribution is 0.217. The molecule has 3 rings (SSSR count). The predicted octanol–water partition coefficient (Wildman–Crippen LogP) is 2.55. The van der Waals surface area contributed by atoms with Crippen LogP contribution < -0.4 is 22.3 Å². The van der Waals surface area contributed by atoms with Gasteiger partial charge in [0.1, 0.15) is 11.5 Å². The van der Waals surface area contributed by atoms with Gasteiger partial charge in [0.05, 0.1) is 6.54 Å². The number of aromatic nitrogens is 2. The van der Waals surface area contributed by atoms with Crippen LogP contribution in [0.15, 0.2) is 39.9 Å². The topological polar surface area (TPSA) is 92.9 Å². The lowest BCUT2D eigenvalue weighted by atomic mass is 9.73. The molecule has 1 aliphatic rings. The van der Waals surface area contributed by atoms with E-state index in [2.05, 4.69) is 24.1 Å². The first-order valence-corrected chi connectivity index (χ1v) is 8.81. The number of anilines is 2. The van der Waals surface area contributed by atoms with Crippen molar-refractivity contribution in [3.8, 4) is 0 Å². The molecule has 6 heteroatoms. The Morgan fingerprint density at radius 1 is 1.24 bits per heavy atom. The molecule has 1 aromatic heterocycles. The molecule has 0 radical (unpaired) electrons. The average Bonchev–Trinajstić information content (AvgIpc) is 2.57. The third-order valence-corrected chi connectivity index (χ3v) is 5.25. The number of nitrogens with one attached hydrogen (secondary N) is 2. The summed E-state index contributed by atoms with van der Waals surface area (Å²) in [6.45, 7) is 4.73. The van der Waals surface area contributed by atoms with Crippen molar-refractivity contribution in [1.29, 1.82) is 0 Å². The summed E-state index contributed by atoms with van der Waals surface area (Å²) in [6, 6.07) is 9.74. The summed E-state index contributed by atoms with van der Waals surface area (Å²) in [7, 11) is 0. The highest BCUT2D eigenvalue weighted by Gasteiger charge is 2.33. The van der Waals surface area contributed by atoms with E-state index >= 15 is 0 Å². The van der Waals surface area contributed by atoms with Crippen LogP contribution in [0.4, 0.5) is 11.5 Å². The largest absolute Gasteiger partial charge is 0.383 e. The average molecular weight is 342 g/mol. The second-order valence-corrected chi connectivity index (χ2v) is 7.52. The highest BCUT2D eigenvalue weighted by Crippen LogP contribution is 2.37. The maximum Gasteiger partial charge on any atom is 0.330 e. The second kappa shape index (κ2) is 6.78. The zero-order valence-electron chi connectivity index (χ0n) is 14.8. The van der Waals surface area contributed by atoms with Crippen LogP contribution in [0.3, 0.4) is 0 Å². The Kier molecular flexibility index (Phi) is 4.70. The Morgan fingerprint density at radius 2 is 1.96 bits per heavy atom. The first-order chi connectivity index (χ1) is 11.9. The molecule has 25 heavy (non-hydrogen) atoms. The van der Waals surface area contributed by atoms with Gasteiger partial charge in [0.15, 0.2) is 0 Å². The molecule has 1 saturated carbocycles. The first kappa shape index (κ1) is 17.3. The molecule has 1 aromatic carbocycles. The SMILES string of the molecule is CC1(C)CCCCC1Nc1c(N)n(Cc2ccccc2)c(=O)[nH]c1=O. The molecular formula is C19H26N4O2. The van der Waals surface area contributed by atoms with Gasteiger partial charge in [0.25, 0.3) is 5.56 Å². The van der Waals surface area contributed by atoms with E-state index in [-0.39, 0.29) is 17.3 Å². The zero-order chi connectivity index (χ0) is 18.0. The number of aromatic amines is 1. The predicted molar refractivity (Wildman–Crippen MR) is 101 cm³/mol. The van der Waals surface area contributed by atoms with Crippen LogP contribution in [0.1, 0.15) is 45.1 Å². The number of H-pyrrole nitrogens is 1. The van der Waals surface area contributed by atoms with Gasteiger partial charge < -0.3 is 11.1 Å². The van der Waals surface area contributed by atoms with Crippen molar-refractivity contribution in [1.82, 2.24) is 9.55 Å². The summed E-state index contributed by atoms with van der Waals surface area (Å²) in [5.41, 5.74) is 6.62. The van der Waals surface area contributed by atoms with E-state index in [1.54, 1.807) is 0 Å². The third-order valence-electron chi connectivity index (χ3n) is 5.25. The smallest absolute Gasteiger partial charge is 0.330 e. The van der Waals surface area contributed by atoms with Crippen LogP contribution in [-0.2, 0) is 6.54 Å². The van der Waals surface area contributed by atoms with Gasteiger partial charge in [-0.25, -0.2) is 4.79 Å². The molecule has 0 amide bonds. The lowest BCUT2D eigenvalue weighted by Crippen LogP contribution is -2.42. The van der Waals surface area contributed by atoms with E-state index in [0.717, 1.165) is 24.8 Å². The standard InChI is InChI=1S/C19H26N4O2/c1-19(2)11-7-6-10-14(19)21-15-16(20)23(18(25)22-17(15)24)12-13-8-4-3-5-9-13/h3-5,8-9,14,21H,6-7,10-12,20H2,1-2H3,(H,22,24,25). The molecule has 1 unspecified atom stereocenters. The normalized spacial score (nSPS) is 19.5. The monoisotopic (exact) mass is 342 g/mol. The van der Waals surface area contributed by atoms with Crippen molar-refractivity contribution < 1.29 is 0 Å². The van der Waals surface area contributed by atoms with E-state index in [9.17, 15) is 9.59 Å². The minimum Gasteiger partial charge on any atom is -0.383 e. The Balaban J connectivity index is 1.96. The summed E-state index contributed by atoms with van der Waals surface area (Å²) in [6.07, 6.45) is 4.42. The Bertz CT molecular complexity index is 852. The fourth-order valence-electron chi connectivity index (χ4n) is 3.59. The molecule has 1 atom stereocenters. The van der Waals surface area contributed by atoms with Crippen LogP contribution in [0.2, 0.25) is 0 Å². The number of hydrogen-bond donors (Lipinski definition) is 3. The maximum atomic E-state index is 12.3. The van der Waals surface area contributed by atoms with E-state index in [0.29, 0.717) is 12.2 Å². The number of nitrogens with two attached hydrogens (primary N) is 1. The third kappa shape index (κ3) is 3.62. The first-order valence-electron chi connectivity index (χ1n) is 8.81. The molecular weight excluding hydrogens is 316 g/mol. The molecule has 0 spiro atoms. The van der Waals surface area contributed by atoms with Crippen molar-refractivity contribution in [2.24, 2.45) is 5.41 Å². The molecule has 4 N–H and O–H groups in total. The van der Waals surface area contributed by atoms with Crippen LogP contribution in [0.5, 0.6) is 0 Å². The number of nitrogens with zero attached hydrogens (tertiary/aromatic N) is 1. The highest BCUT2D eigenvalue weighted by atomic mass is 16.2. The van der Waals surface area contributed by atoms with Crippen molar-refractivity contribution in [3.63, 3.8) is 0 Å². The summed E-state index contributed by atoms with van der Waals surface area (Å²) in [4.78, 5) is 27.0. The molecule has 0 aliphatic heterocycles. The van der Waals surface area contributed by atoms with Gasteiger partial charge in [-0.2, -0.15) is 0 Å². The van der Waals surface area contributed by atoms with Crippen molar-refractivity contribution in [3.05, 3.63) is 56.7 Å². The van der Waals surface area contributed by atoms with Gasteiger partial charge in [-0.1, -0.05) is 57.0 Å². The quantitative estimate of drug-likeness (QED) is 0.796. The van der Waals surface area contributed by atoms with Crippen LogP contribution >= 0.6 is 0 Å². The number of nitrogen functional groups attached to an aromatic ring is 1. The van der Waals surface area contributed by atoms with Gasteiger partial charge >= 0.3 is 5.69 Å². The molecule has 6 nitrogen and oxygen atoms in total. The van der Waals surface area contributed by atoms with E-state index in [4.69, 9.17) is 5.73 Å². The Morgan fingerprint density at radius 3 is 2.64 bits per heavy atom. The number of rotatable bonds is 4. The Labute approximate surface area is 147 Å². The van der Waals surface area contributed by atoms with Crippen molar-refractivity contribution >= 4 is 11.5 Å². The second-order valence-electron chi connectivity index (χ2n) is 7.52. The van der Waals surface area contributed by atoms with Crippen LogP contribution in [0, 0.1) is 5.41 Å². The number of hydrogen-bond acceptors (Lipinski definition) is 4.